The molecule has 0 radical (unpaired) electrons. The van der Waals surface area contributed by atoms with Crippen LogP contribution in [0.25, 0.3) is 0 Å². The fourth-order valence-electron chi connectivity index (χ4n) is 0.683. The smallest absolute Gasteiger partial charge is 0.335 e. The first-order valence-electron chi connectivity index (χ1n) is 2.84. The Morgan fingerprint density at radius 2 is 2.00 bits per heavy atom. The lowest BCUT2D eigenvalue weighted by atomic mass is 10.3. The van der Waals surface area contributed by atoms with Gasteiger partial charge < -0.3 is 5.11 Å². The number of hydrogen-bond acceptors (Lipinski definition) is 3. The van der Waals surface area contributed by atoms with Crippen molar-refractivity contribution in [3.63, 3.8) is 0 Å². The number of rotatable bonds is 1. The molecule has 1 N–H and O–H groups in total. The topological polar surface area (TPSA) is 54.4 Å². The Morgan fingerprint density at radius 3 is 2.42 bits per heavy atom. The van der Waals surface area contributed by atoms with E-state index in [9.17, 15) is 12.3 Å². The zero-order valence-electron chi connectivity index (χ0n) is 5.66. The predicted octanol–water partition coefficient (Wildman–Crippen LogP) is 1.70. The van der Waals surface area contributed by atoms with E-state index in [1.54, 1.807) is 0 Å². The van der Waals surface area contributed by atoms with Gasteiger partial charge in [-0.05, 0) is 18.2 Å². The summed E-state index contributed by atoms with van der Waals surface area (Å²) in [5.41, 5.74) is 0. The van der Waals surface area contributed by atoms with Crippen molar-refractivity contribution >= 4 is 21.8 Å². The van der Waals surface area contributed by atoms with Gasteiger partial charge in [-0.3, -0.25) is 0 Å². The van der Waals surface area contributed by atoms with Gasteiger partial charge in [0.1, 0.15) is 10.6 Å². The Hall–Kier alpha value is -0.810. The molecular weight excluding hydrogens is 207 g/mol. The van der Waals surface area contributed by atoms with E-state index >= 15 is 0 Å². The molecule has 0 unspecified atom stereocenters. The molecule has 1 aromatic carbocycles. The van der Waals surface area contributed by atoms with Gasteiger partial charge in [-0.15, -0.1) is 3.89 Å². The van der Waals surface area contributed by atoms with Crippen LogP contribution in [-0.4, -0.2) is 13.5 Å². The Labute approximate surface area is 73.6 Å². The first-order valence-corrected chi connectivity index (χ1v) is 4.60. The summed E-state index contributed by atoms with van der Waals surface area (Å²) >= 11 is 5.38. The molecule has 1 rings (SSSR count). The number of aromatic hydroxyl groups is 1. The Morgan fingerprint density at radius 1 is 1.42 bits per heavy atom. The second-order valence-corrected chi connectivity index (χ2v) is 3.80. The summed E-state index contributed by atoms with van der Waals surface area (Å²) < 4.78 is 33.0. The maximum absolute atomic E-state index is 12.3. The third kappa shape index (κ3) is 1.86. The third-order valence-corrected chi connectivity index (χ3v) is 2.27. The van der Waals surface area contributed by atoms with Gasteiger partial charge in [0.25, 0.3) is 0 Å². The van der Waals surface area contributed by atoms with Crippen molar-refractivity contribution in [2.24, 2.45) is 0 Å². The minimum absolute atomic E-state index is 0.0454. The van der Waals surface area contributed by atoms with Gasteiger partial charge in [-0.25, -0.2) is 0 Å². The van der Waals surface area contributed by atoms with Crippen LogP contribution in [0.4, 0.5) is 3.89 Å². The van der Waals surface area contributed by atoms with Crippen LogP contribution >= 0.6 is 11.6 Å². The Balaban J connectivity index is 3.43. The molecule has 0 amide bonds. The lowest BCUT2D eigenvalue weighted by molar-refractivity contribution is 0.455. The highest BCUT2D eigenvalue weighted by Gasteiger charge is 2.17. The van der Waals surface area contributed by atoms with E-state index in [0.717, 1.165) is 12.1 Å². The van der Waals surface area contributed by atoms with Crippen molar-refractivity contribution in [3.8, 4) is 5.75 Å². The molecule has 0 saturated carbocycles. The van der Waals surface area contributed by atoms with E-state index in [0.29, 0.717) is 0 Å². The van der Waals surface area contributed by atoms with Gasteiger partial charge in [0.15, 0.2) is 0 Å². The van der Waals surface area contributed by atoms with Gasteiger partial charge in [-0.2, -0.15) is 8.42 Å². The van der Waals surface area contributed by atoms with Gasteiger partial charge in [0, 0.05) is 5.02 Å². The van der Waals surface area contributed by atoms with Gasteiger partial charge in [0.05, 0.1) is 0 Å². The van der Waals surface area contributed by atoms with E-state index in [4.69, 9.17) is 16.7 Å². The standard InChI is InChI=1S/C6H4ClFO3S/c7-4-1-2-5(9)6(3-4)12(8,10)11/h1-3,9H. The highest BCUT2D eigenvalue weighted by molar-refractivity contribution is 7.86. The van der Waals surface area contributed by atoms with Crippen LogP contribution in [0.2, 0.25) is 5.02 Å². The van der Waals surface area contributed by atoms with E-state index in [1.807, 2.05) is 0 Å². The molecule has 0 fully saturated rings. The minimum atomic E-state index is -4.89. The lowest BCUT2D eigenvalue weighted by Gasteiger charge is -1.98. The van der Waals surface area contributed by atoms with Crippen molar-refractivity contribution in [2.75, 3.05) is 0 Å². The maximum atomic E-state index is 12.3. The monoisotopic (exact) mass is 210 g/mol. The first-order chi connectivity index (χ1) is 5.41. The molecule has 0 aliphatic rings. The molecule has 0 atom stereocenters. The second kappa shape index (κ2) is 2.91. The van der Waals surface area contributed by atoms with Gasteiger partial charge >= 0.3 is 10.2 Å². The summed E-state index contributed by atoms with van der Waals surface area (Å²) in [5, 5.41) is 8.94. The van der Waals surface area contributed by atoms with E-state index in [1.165, 1.54) is 6.07 Å². The zero-order valence-corrected chi connectivity index (χ0v) is 7.23. The Bertz CT molecular complexity index is 401. The third-order valence-electron chi connectivity index (χ3n) is 1.18. The van der Waals surface area contributed by atoms with Crippen LogP contribution in [0.3, 0.4) is 0 Å². The molecule has 0 spiro atoms. The molecule has 0 bridgehead atoms. The molecule has 0 heterocycles. The molecule has 0 aromatic heterocycles. The van der Waals surface area contributed by atoms with Crippen LogP contribution < -0.4 is 0 Å². The normalized spacial score (nSPS) is 11.5. The highest BCUT2D eigenvalue weighted by Crippen LogP contribution is 2.26. The van der Waals surface area contributed by atoms with Crippen LogP contribution in [0.5, 0.6) is 5.75 Å². The van der Waals surface area contributed by atoms with Crippen molar-refractivity contribution in [3.05, 3.63) is 23.2 Å². The summed E-state index contributed by atoms with van der Waals surface area (Å²) in [6.45, 7) is 0. The fourth-order valence-corrected chi connectivity index (χ4v) is 1.51. The summed E-state index contributed by atoms with van der Waals surface area (Å²) in [6, 6.07) is 3.10. The number of phenols is 1. The summed E-state index contributed by atoms with van der Waals surface area (Å²) in [7, 11) is -4.89. The summed E-state index contributed by atoms with van der Waals surface area (Å²) in [6.07, 6.45) is 0. The molecule has 1 aromatic rings. The minimum Gasteiger partial charge on any atom is -0.506 e. The Kier molecular flexibility index (Phi) is 2.25. The number of halogens is 2. The molecule has 0 saturated heterocycles. The molecule has 0 aliphatic carbocycles. The number of hydrogen-bond donors (Lipinski definition) is 1. The number of benzene rings is 1. The van der Waals surface area contributed by atoms with E-state index < -0.39 is 20.9 Å². The van der Waals surface area contributed by atoms with Gasteiger partial charge in [0.2, 0.25) is 0 Å². The maximum Gasteiger partial charge on any atom is 0.335 e. The molecule has 6 heteroatoms. The number of phenolic OH excluding ortho intramolecular Hbond substituents is 1. The molecule has 12 heavy (non-hydrogen) atoms. The van der Waals surface area contributed by atoms with Crippen LogP contribution in [0.15, 0.2) is 23.1 Å². The van der Waals surface area contributed by atoms with E-state index in [2.05, 4.69) is 0 Å². The average Bonchev–Trinajstić information content (AvgIpc) is 1.92. The van der Waals surface area contributed by atoms with E-state index in [-0.39, 0.29) is 5.02 Å². The predicted molar refractivity (Wildman–Crippen MR) is 41.4 cm³/mol. The molecule has 66 valence electrons. The van der Waals surface area contributed by atoms with Crippen LogP contribution in [0, 0.1) is 0 Å². The molecular formula is C6H4ClFO3S. The van der Waals surface area contributed by atoms with Crippen LogP contribution in [0.1, 0.15) is 0 Å². The summed E-state index contributed by atoms with van der Waals surface area (Å²) in [4.78, 5) is -0.810. The highest BCUT2D eigenvalue weighted by atomic mass is 35.5. The van der Waals surface area contributed by atoms with Gasteiger partial charge in [-0.1, -0.05) is 11.6 Å². The molecule has 0 aliphatic heterocycles. The van der Waals surface area contributed by atoms with Crippen molar-refractivity contribution in [2.45, 2.75) is 4.90 Å². The quantitative estimate of drug-likeness (QED) is 0.718. The van der Waals surface area contributed by atoms with Crippen molar-refractivity contribution < 1.29 is 17.4 Å². The lowest BCUT2D eigenvalue weighted by Crippen LogP contribution is -1.91. The fraction of sp³-hybridized carbons (Fsp3) is 0. The second-order valence-electron chi connectivity index (χ2n) is 2.05. The van der Waals surface area contributed by atoms with Crippen molar-refractivity contribution in [1.29, 1.82) is 0 Å². The van der Waals surface area contributed by atoms with Crippen LogP contribution in [-0.2, 0) is 10.2 Å². The zero-order chi connectivity index (χ0) is 9.35. The SMILES string of the molecule is O=S(=O)(F)c1cc(Cl)ccc1O. The first kappa shape index (κ1) is 9.28. The largest absolute Gasteiger partial charge is 0.506 e. The van der Waals surface area contributed by atoms with Crippen molar-refractivity contribution in [1.82, 2.24) is 0 Å². The summed E-state index contributed by atoms with van der Waals surface area (Å²) in [5.74, 6) is -0.651. The molecule has 3 nitrogen and oxygen atoms in total. The average molecular weight is 211 g/mol.